The van der Waals surface area contributed by atoms with Gasteiger partial charge in [-0.1, -0.05) is 6.07 Å². The summed E-state index contributed by atoms with van der Waals surface area (Å²) in [4.78, 5) is 5.34. The van der Waals surface area contributed by atoms with Crippen LogP contribution in [0.4, 0.5) is 8.78 Å². The number of benzene rings is 1. The van der Waals surface area contributed by atoms with Gasteiger partial charge in [-0.3, -0.25) is 15.7 Å². The third kappa shape index (κ3) is 2.71. The summed E-state index contributed by atoms with van der Waals surface area (Å²) in [6.45, 7) is 0. The van der Waals surface area contributed by atoms with Gasteiger partial charge in [0.05, 0.1) is 16.2 Å². The number of nitrogens with one attached hydrogen (secondary N) is 1. The van der Waals surface area contributed by atoms with Crippen molar-refractivity contribution in [2.24, 2.45) is 5.84 Å². The zero-order chi connectivity index (χ0) is 15.0. The smallest absolute Gasteiger partial charge is 0.193 e. The lowest BCUT2D eigenvalue weighted by Gasteiger charge is -2.17. The number of hydrazine groups is 1. The maximum absolute atomic E-state index is 13.6. The molecule has 110 valence electrons. The van der Waals surface area contributed by atoms with E-state index in [1.165, 1.54) is 17.4 Å². The summed E-state index contributed by atoms with van der Waals surface area (Å²) in [5, 5.41) is 1.94. The summed E-state index contributed by atoms with van der Waals surface area (Å²) in [6, 6.07) is 2.22. The van der Waals surface area contributed by atoms with Crippen LogP contribution < -0.4 is 11.3 Å². The highest BCUT2D eigenvalue weighted by Crippen LogP contribution is 2.29. The zero-order valence-corrected chi connectivity index (χ0v) is 13.1. The molecule has 2 aromatic heterocycles. The molecular formula is C13H11BrF2N4S. The molecule has 0 radical (unpaired) electrons. The number of nitrogens with two attached hydrogens (primary N) is 1. The summed E-state index contributed by atoms with van der Waals surface area (Å²) < 4.78 is 28.8. The number of fused-ring (bicyclic) bond motifs is 1. The Morgan fingerprint density at radius 1 is 1.43 bits per heavy atom. The van der Waals surface area contributed by atoms with E-state index in [0.717, 1.165) is 16.7 Å². The van der Waals surface area contributed by atoms with Crippen LogP contribution in [0, 0.1) is 11.6 Å². The predicted molar refractivity (Wildman–Crippen MR) is 80.9 cm³/mol. The van der Waals surface area contributed by atoms with Crippen molar-refractivity contribution in [1.82, 2.24) is 14.8 Å². The van der Waals surface area contributed by atoms with Crippen molar-refractivity contribution in [3.63, 3.8) is 0 Å². The molecule has 0 aliphatic carbocycles. The number of aromatic nitrogens is 2. The van der Waals surface area contributed by atoms with E-state index in [9.17, 15) is 8.78 Å². The first kappa shape index (κ1) is 14.6. The number of hydrogen-bond acceptors (Lipinski definition) is 4. The van der Waals surface area contributed by atoms with E-state index >= 15 is 0 Å². The van der Waals surface area contributed by atoms with E-state index in [4.69, 9.17) is 5.84 Å². The van der Waals surface area contributed by atoms with Crippen molar-refractivity contribution in [1.29, 1.82) is 0 Å². The molecule has 21 heavy (non-hydrogen) atoms. The number of thiazole rings is 1. The van der Waals surface area contributed by atoms with Gasteiger partial charge in [-0.2, -0.15) is 0 Å². The molecule has 1 aromatic carbocycles. The van der Waals surface area contributed by atoms with Crippen LogP contribution in [-0.4, -0.2) is 9.38 Å². The Kier molecular flexibility index (Phi) is 4.03. The third-order valence-corrected chi connectivity index (χ3v) is 4.77. The second-order valence-electron chi connectivity index (χ2n) is 4.51. The number of halogens is 3. The minimum Gasteiger partial charge on any atom is -0.297 e. The van der Waals surface area contributed by atoms with E-state index < -0.39 is 11.6 Å². The maximum Gasteiger partial charge on any atom is 0.193 e. The Labute approximate surface area is 131 Å². The average molecular weight is 373 g/mol. The molecule has 0 spiro atoms. The Morgan fingerprint density at radius 2 is 2.24 bits per heavy atom. The fourth-order valence-electron chi connectivity index (χ4n) is 2.15. The van der Waals surface area contributed by atoms with Crippen LogP contribution in [0.2, 0.25) is 0 Å². The monoisotopic (exact) mass is 372 g/mol. The van der Waals surface area contributed by atoms with Gasteiger partial charge >= 0.3 is 0 Å². The van der Waals surface area contributed by atoms with Crippen molar-refractivity contribution in [2.45, 2.75) is 12.5 Å². The second kappa shape index (κ2) is 5.80. The number of rotatable bonds is 4. The fourth-order valence-corrected chi connectivity index (χ4v) is 3.47. The molecule has 3 aromatic rings. The van der Waals surface area contributed by atoms with Gasteiger partial charge in [-0.15, -0.1) is 11.3 Å². The Balaban J connectivity index is 1.91. The lowest BCUT2D eigenvalue weighted by atomic mass is 10.0. The van der Waals surface area contributed by atoms with Gasteiger partial charge in [0.25, 0.3) is 0 Å². The summed E-state index contributed by atoms with van der Waals surface area (Å²) in [6.07, 6.45) is 4.27. The molecule has 2 heterocycles. The lowest BCUT2D eigenvalue weighted by molar-refractivity contribution is 0.490. The van der Waals surface area contributed by atoms with Crippen LogP contribution in [0.15, 0.2) is 34.4 Å². The normalized spacial score (nSPS) is 13.0. The molecule has 3 rings (SSSR count). The first-order valence-corrected chi connectivity index (χ1v) is 7.78. The second-order valence-corrected chi connectivity index (χ2v) is 6.18. The van der Waals surface area contributed by atoms with Gasteiger partial charge < -0.3 is 0 Å². The molecule has 0 saturated heterocycles. The van der Waals surface area contributed by atoms with Crippen LogP contribution in [0.1, 0.15) is 17.3 Å². The maximum atomic E-state index is 13.6. The fraction of sp³-hybridized carbons (Fsp3) is 0.154. The zero-order valence-electron chi connectivity index (χ0n) is 10.7. The molecule has 1 unspecified atom stereocenters. The molecule has 0 saturated carbocycles. The standard InChI is InChI=1S/C13H11BrF2N4S/c14-11-8(1-2-9(15)12(11)16)10(19-17)5-7-6-20-3-4-21-13(20)18-7/h1-4,6,10,19H,5,17H2. The van der Waals surface area contributed by atoms with Crippen LogP contribution >= 0.6 is 27.3 Å². The largest absolute Gasteiger partial charge is 0.297 e. The summed E-state index contributed by atoms with van der Waals surface area (Å²) in [7, 11) is 0. The van der Waals surface area contributed by atoms with Crippen LogP contribution in [0.5, 0.6) is 0 Å². The lowest BCUT2D eigenvalue weighted by Crippen LogP contribution is -2.30. The minimum absolute atomic E-state index is 0.0754. The summed E-state index contributed by atoms with van der Waals surface area (Å²) in [5.74, 6) is 3.74. The van der Waals surface area contributed by atoms with Gasteiger partial charge in [0, 0.05) is 24.2 Å². The van der Waals surface area contributed by atoms with Gasteiger partial charge in [0.15, 0.2) is 16.6 Å². The van der Waals surface area contributed by atoms with Gasteiger partial charge in [0.1, 0.15) is 0 Å². The molecular weight excluding hydrogens is 362 g/mol. The van der Waals surface area contributed by atoms with Gasteiger partial charge in [-0.05, 0) is 27.6 Å². The van der Waals surface area contributed by atoms with E-state index in [-0.39, 0.29) is 10.5 Å². The highest BCUT2D eigenvalue weighted by molar-refractivity contribution is 9.10. The minimum atomic E-state index is -0.918. The van der Waals surface area contributed by atoms with Gasteiger partial charge in [-0.25, -0.2) is 13.8 Å². The summed E-state index contributed by atoms with van der Waals surface area (Å²) in [5.41, 5.74) is 4.00. The molecule has 0 amide bonds. The molecule has 4 nitrogen and oxygen atoms in total. The van der Waals surface area contributed by atoms with Gasteiger partial charge in [0.2, 0.25) is 0 Å². The number of hydrogen-bond donors (Lipinski definition) is 2. The SMILES string of the molecule is NNC(Cc1cn2ccsc2n1)c1ccc(F)c(F)c1Br. The Morgan fingerprint density at radius 3 is 2.95 bits per heavy atom. The molecule has 8 heteroatoms. The highest BCUT2D eigenvalue weighted by atomic mass is 79.9. The van der Waals surface area contributed by atoms with E-state index in [1.54, 1.807) is 0 Å². The van der Waals surface area contributed by atoms with Crippen molar-refractivity contribution in [2.75, 3.05) is 0 Å². The van der Waals surface area contributed by atoms with Crippen molar-refractivity contribution in [3.05, 3.63) is 57.3 Å². The molecule has 0 aliphatic heterocycles. The van der Waals surface area contributed by atoms with E-state index in [1.807, 2.05) is 22.2 Å². The molecule has 0 fully saturated rings. The molecule has 0 aliphatic rings. The molecule has 3 N–H and O–H groups in total. The summed E-state index contributed by atoms with van der Waals surface area (Å²) >= 11 is 4.61. The topological polar surface area (TPSA) is 55.3 Å². The van der Waals surface area contributed by atoms with Crippen LogP contribution in [-0.2, 0) is 6.42 Å². The van der Waals surface area contributed by atoms with Crippen molar-refractivity contribution >= 4 is 32.2 Å². The third-order valence-electron chi connectivity index (χ3n) is 3.20. The average Bonchev–Trinajstić information content (AvgIpc) is 3.04. The first-order valence-electron chi connectivity index (χ1n) is 6.10. The van der Waals surface area contributed by atoms with Crippen LogP contribution in [0.25, 0.3) is 4.96 Å². The predicted octanol–water partition coefficient (Wildman–Crippen LogP) is 3.18. The van der Waals surface area contributed by atoms with Crippen LogP contribution in [0.3, 0.4) is 0 Å². The molecule has 1 atom stereocenters. The Bertz CT molecular complexity index is 757. The van der Waals surface area contributed by atoms with E-state index in [2.05, 4.69) is 26.3 Å². The number of nitrogens with zero attached hydrogens (tertiary/aromatic N) is 2. The first-order chi connectivity index (χ1) is 10.1. The van der Waals surface area contributed by atoms with E-state index in [0.29, 0.717) is 12.0 Å². The van der Waals surface area contributed by atoms with Crippen molar-refractivity contribution < 1.29 is 8.78 Å². The Hall–Kier alpha value is -1.35. The van der Waals surface area contributed by atoms with Crippen molar-refractivity contribution in [3.8, 4) is 0 Å². The quantitative estimate of drug-likeness (QED) is 0.420. The highest BCUT2D eigenvalue weighted by Gasteiger charge is 2.19. The molecule has 0 bridgehead atoms. The number of imidazole rings is 1.